The van der Waals surface area contributed by atoms with Crippen LogP contribution in [-0.4, -0.2) is 107 Å². The van der Waals surface area contributed by atoms with Gasteiger partial charge >= 0.3 is 5.97 Å². The molecule has 1 heterocycles. The summed E-state index contributed by atoms with van der Waals surface area (Å²) < 4.78 is 0. The molecule has 1 aromatic carbocycles. The second-order valence-corrected chi connectivity index (χ2v) is 12.0. The van der Waals surface area contributed by atoms with Gasteiger partial charge in [-0.3, -0.25) is 24.6 Å². The number of nitrogens with two attached hydrogens (primary N) is 4. The van der Waals surface area contributed by atoms with Crippen LogP contribution in [0.2, 0.25) is 0 Å². The molecule has 2 rings (SSSR count). The van der Waals surface area contributed by atoms with Gasteiger partial charge in [-0.1, -0.05) is 24.6 Å². The van der Waals surface area contributed by atoms with Crippen molar-refractivity contribution in [3.8, 4) is 0 Å². The molecule has 4 amide bonds. The van der Waals surface area contributed by atoms with E-state index in [2.05, 4.69) is 31.6 Å². The van der Waals surface area contributed by atoms with Crippen molar-refractivity contribution in [2.75, 3.05) is 26.2 Å². The summed E-state index contributed by atoms with van der Waals surface area (Å²) in [6.45, 7) is 0.131. The van der Waals surface area contributed by atoms with Gasteiger partial charge in [-0.25, -0.2) is 4.79 Å². The zero-order valence-electron chi connectivity index (χ0n) is 28.2. The molecule has 0 unspecified atom stereocenters. The van der Waals surface area contributed by atoms with E-state index in [0.717, 1.165) is 10.9 Å². The van der Waals surface area contributed by atoms with Crippen molar-refractivity contribution in [2.45, 2.75) is 88.0 Å². The number of guanidine groups is 1. The number of carboxylic acids is 1. The molecule has 0 spiro atoms. The van der Waals surface area contributed by atoms with Crippen LogP contribution in [0.15, 0.2) is 30.5 Å². The highest BCUT2D eigenvalue weighted by atomic mass is 16.4. The number of unbranched alkanes of at least 4 members (excludes halogenated alkanes) is 2. The molecule has 17 N–H and O–H groups in total. The standard InChI is InChI=1S/C32H53N11O7/c33-13-5-3-9-21(35)27(45)42-25(16-19-17-39-22-10-2-1-8-20(19)22)29(47)43-26(18-44)30(48)40-23(11-4-6-14-34)28(46)41-24(31(49)50)12-7-15-38-32(36)37/h1-2,8,10,17,21,23-26,39,44H,3-7,9,11-16,18,33-35H2,(H,40,48)(H,41,46)(H,42,45)(H,43,47)(H,49,50)(H4,36,37,38)/t21-,23-,24-,25-,26-/m0/s1. The number of carboxylic acid groups (broad SMARTS) is 1. The van der Waals surface area contributed by atoms with E-state index in [1.807, 2.05) is 24.3 Å². The first-order valence-electron chi connectivity index (χ1n) is 16.8. The van der Waals surface area contributed by atoms with Crippen LogP contribution in [0.1, 0.15) is 56.9 Å². The third-order valence-electron chi connectivity index (χ3n) is 8.03. The van der Waals surface area contributed by atoms with Crippen molar-refractivity contribution in [3.63, 3.8) is 0 Å². The molecule has 1 aromatic heterocycles. The van der Waals surface area contributed by atoms with E-state index in [1.54, 1.807) is 6.20 Å². The fourth-order valence-corrected chi connectivity index (χ4v) is 5.21. The van der Waals surface area contributed by atoms with E-state index < -0.39 is 66.4 Å². The topological polar surface area (TPSA) is 330 Å². The van der Waals surface area contributed by atoms with E-state index >= 15 is 0 Å². The second-order valence-electron chi connectivity index (χ2n) is 12.0. The van der Waals surface area contributed by atoms with Gasteiger partial charge in [-0.15, -0.1) is 0 Å². The first-order chi connectivity index (χ1) is 23.9. The first kappa shape index (κ1) is 41.4. The van der Waals surface area contributed by atoms with Gasteiger partial charge in [0.15, 0.2) is 5.96 Å². The average Bonchev–Trinajstić information content (AvgIpc) is 3.49. The maximum absolute atomic E-state index is 13.6. The largest absolute Gasteiger partial charge is 0.480 e. The fourth-order valence-electron chi connectivity index (χ4n) is 5.21. The molecule has 0 radical (unpaired) electrons. The van der Waals surface area contributed by atoms with Crippen molar-refractivity contribution in [1.82, 2.24) is 31.6 Å². The average molecular weight is 704 g/mol. The van der Waals surface area contributed by atoms with Crippen molar-refractivity contribution >= 4 is 46.5 Å². The van der Waals surface area contributed by atoms with Crippen LogP contribution < -0.4 is 49.5 Å². The number of aromatic nitrogens is 1. The highest BCUT2D eigenvalue weighted by Crippen LogP contribution is 2.19. The number of aliphatic hydroxyl groups is 1. The molecule has 18 heteroatoms. The van der Waals surface area contributed by atoms with E-state index in [0.29, 0.717) is 50.8 Å². The van der Waals surface area contributed by atoms with Crippen molar-refractivity contribution in [1.29, 1.82) is 5.41 Å². The summed E-state index contributed by atoms with van der Waals surface area (Å²) in [5, 5.41) is 40.5. The lowest BCUT2D eigenvalue weighted by Gasteiger charge is -2.26. The number of hydrogen-bond acceptors (Lipinski definition) is 10. The van der Waals surface area contributed by atoms with Crippen molar-refractivity contribution in [2.24, 2.45) is 22.9 Å². The van der Waals surface area contributed by atoms with E-state index in [1.165, 1.54) is 0 Å². The molecule has 0 fully saturated rings. The number of benzene rings is 1. The van der Waals surface area contributed by atoms with E-state index in [-0.39, 0.29) is 38.2 Å². The smallest absolute Gasteiger partial charge is 0.326 e. The molecule has 0 aliphatic carbocycles. The van der Waals surface area contributed by atoms with Crippen LogP contribution >= 0.6 is 0 Å². The molecule has 18 nitrogen and oxygen atoms in total. The van der Waals surface area contributed by atoms with Crippen LogP contribution in [0.3, 0.4) is 0 Å². The number of H-pyrrole nitrogens is 1. The van der Waals surface area contributed by atoms with Gasteiger partial charge in [-0.2, -0.15) is 0 Å². The van der Waals surface area contributed by atoms with Gasteiger partial charge < -0.3 is 64.7 Å². The molecule has 5 atom stereocenters. The maximum atomic E-state index is 13.6. The number of carbonyl (C=O) groups excluding carboxylic acids is 4. The molecule has 0 saturated carbocycles. The Morgan fingerprint density at radius 3 is 1.96 bits per heavy atom. The first-order valence-corrected chi connectivity index (χ1v) is 16.8. The number of nitrogens with one attached hydrogen (secondary N) is 7. The Balaban J connectivity index is 2.21. The lowest BCUT2D eigenvalue weighted by atomic mass is 10.0. The van der Waals surface area contributed by atoms with Gasteiger partial charge in [0.25, 0.3) is 0 Å². The number of rotatable bonds is 24. The number of para-hydroxylation sites is 1. The Bertz CT molecular complexity index is 1420. The van der Waals surface area contributed by atoms with Crippen LogP contribution in [0.25, 0.3) is 10.9 Å². The minimum atomic E-state index is -1.53. The maximum Gasteiger partial charge on any atom is 0.326 e. The summed E-state index contributed by atoms with van der Waals surface area (Å²) in [6, 6.07) is 1.24. The number of carbonyl (C=O) groups is 5. The number of fused-ring (bicyclic) bond motifs is 1. The molecule has 0 aliphatic heterocycles. The summed E-state index contributed by atoms with van der Waals surface area (Å²) in [4.78, 5) is 68.2. The summed E-state index contributed by atoms with van der Waals surface area (Å²) in [6.07, 6.45) is 4.68. The molecule has 0 aliphatic rings. The van der Waals surface area contributed by atoms with Crippen LogP contribution in [0.5, 0.6) is 0 Å². The minimum absolute atomic E-state index is 0.0142. The minimum Gasteiger partial charge on any atom is -0.480 e. The van der Waals surface area contributed by atoms with Gasteiger partial charge in [0.1, 0.15) is 24.2 Å². The zero-order valence-corrected chi connectivity index (χ0v) is 28.2. The van der Waals surface area contributed by atoms with Crippen LogP contribution in [0, 0.1) is 5.41 Å². The second kappa shape index (κ2) is 22.0. The van der Waals surface area contributed by atoms with E-state index in [9.17, 15) is 34.2 Å². The van der Waals surface area contributed by atoms with Gasteiger partial charge in [0.2, 0.25) is 23.6 Å². The summed E-state index contributed by atoms with van der Waals surface area (Å²) in [7, 11) is 0. The van der Waals surface area contributed by atoms with Gasteiger partial charge in [0.05, 0.1) is 12.6 Å². The van der Waals surface area contributed by atoms with Gasteiger partial charge in [0, 0.05) is 30.1 Å². The Kier molecular flexibility index (Phi) is 18.2. The Morgan fingerprint density at radius 1 is 0.760 bits per heavy atom. The van der Waals surface area contributed by atoms with Crippen molar-refractivity contribution < 1.29 is 34.2 Å². The van der Waals surface area contributed by atoms with Gasteiger partial charge in [-0.05, 0) is 69.7 Å². The number of aliphatic hydroxyl groups excluding tert-OH is 1. The predicted octanol–water partition coefficient (Wildman–Crippen LogP) is -2.42. The summed E-state index contributed by atoms with van der Waals surface area (Å²) in [5.74, 6) is -4.60. The predicted molar refractivity (Wildman–Crippen MR) is 187 cm³/mol. The Morgan fingerprint density at radius 2 is 1.32 bits per heavy atom. The third kappa shape index (κ3) is 14.0. The summed E-state index contributed by atoms with van der Waals surface area (Å²) in [5.41, 5.74) is 24.0. The zero-order chi connectivity index (χ0) is 37.1. The molecule has 0 saturated heterocycles. The van der Waals surface area contributed by atoms with Crippen LogP contribution in [-0.2, 0) is 30.4 Å². The highest BCUT2D eigenvalue weighted by molar-refractivity contribution is 5.96. The number of aliphatic carboxylic acids is 1. The normalized spacial score (nSPS) is 14.1. The van der Waals surface area contributed by atoms with Crippen molar-refractivity contribution in [3.05, 3.63) is 36.0 Å². The molecule has 0 bridgehead atoms. The number of aromatic amines is 1. The SMILES string of the molecule is N=C(N)NCCC[C@H](NC(=O)[C@H](CCCCN)NC(=O)[C@H](CO)NC(=O)[C@H](Cc1c[nH]c2ccccc12)NC(=O)[C@@H](N)CCCCN)C(=O)O. The molecular formula is C32H53N11O7. The highest BCUT2D eigenvalue weighted by Gasteiger charge is 2.32. The Labute approximate surface area is 290 Å². The lowest BCUT2D eigenvalue weighted by molar-refractivity contribution is -0.142. The molecule has 50 heavy (non-hydrogen) atoms. The molecule has 2 aromatic rings. The fraction of sp³-hybridized carbons (Fsp3) is 0.562. The molecule has 278 valence electrons. The van der Waals surface area contributed by atoms with E-state index in [4.69, 9.17) is 28.3 Å². The Hall–Kier alpha value is -4.78. The quantitative estimate of drug-likeness (QED) is 0.0309. The number of amides is 4. The molecular weight excluding hydrogens is 650 g/mol. The third-order valence-corrected chi connectivity index (χ3v) is 8.03. The van der Waals surface area contributed by atoms with Crippen LogP contribution in [0.4, 0.5) is 0 Å². The summed E-state index contributed by atoms with van der Waals surface area (Å²) >= 11 is 0. The number of hydrogen-bond donors (Lipinski definition) is 13. The monoisotopic (exact) mass is 703 g/mol. The lowest BCUT2D eigenvalue weighted by Crippen LogP contribution is -2.59.